The third-order valence-corrected chi connectivity index (χ3v) is 2.40. The van der Waals surface area contributed by atoms with Crippen LogP contribution >= 0.6 is 0 Å². The van der Waals surface area contributed by atoms with Crippen molar-refractivity contribution in [3.8, 4) is 0 Å². The normalized spacial score (nSPS) is 10.4. The molecule has 0 fully saturated rings. The van der Waals surface area contributed by atoms with Gasteiger partial charge in [0.2, 0.25) is 0 Å². The number of nitrogens with zero attached hydrogens (tertiary/aromatic N) is 2. The smallest absolute Gasteiger partial charge is 0.360 e. The Morgan fingerprint density at radius 1 is 1.37 bits per heavy atom. The van der Waals surface area contributed by atoms with Crippen LogP contribution in [-0.4, -0.2) is 42.0 Å². The number of anilines is 1. The first kappa shape index (κ1) is 15.0. The predicted molar refractivity (Wildman–Crippen MR) is 67.6 cm³/mol. The zero-order chi connectivity index (χ0) is 14.4. The van der Waals surface area contributed by atoms with Gasteiger partial charge in [-0.05, 0) is 6.42 Å². The van der Waals surface area contributed by atoms with Crippen LogP contribution in [0.3, 0.4) is 0 Å². The van der Waals surface area contributed by atoms with E-state index in [1.807, 2.05) is 6.92 Å². The van der Waals surface area contributed by atoms with Crippen LogP contribution in [0.1, 0.15) is 34.3 Å². The Hall–Kier alpha value is -2.09. The Morgan fingerprint density at radius 2 is 2.05 bits per heavy atom. The number of nitrogens with two attached hydrogens (primary N) is 2. The lowest BCUT2D eigenvalue weighted by atomic mass is 10.3. The fourth-order valence-corrected chi connectivity index (χ4v) is 1.54. The second-order valence-corrected chi connectivity index (χ2v) is 3.80. The van der Waals surface area contributed by atoms with E-state index in [-0.39, 0.29) is 23.6 Å². The van der Waals surface area contributed by atoms with Gasteiger partial charge in [-0.1, -0.05) is 6.92 Å². The van der Waals surface area contributed by atoms with Gasteiger partial charge in [0.05, 0.1) is 25.9 Å². The largest absolute Gasteiger partial charge is 0.464 e. The van der Waals surface area contributed by atoms with Crippen molar-refractivity contribution in [1.29, 1.82) is 0 Å². The summed E-state index contributed by atoms with van der Waals surface area (Å²) in [6.45, 7) is 3.21. The van der Waals surface area contributed by atoms with Crippen LogP contribution in [-0.2, 0) is 16.0 Å². The maximum atomic E-state index is 11.4. The Kier molecular flexibility index (Phi) is 5.31. The van der Waals surface area contributed by atoms with Crippen molar-refractivity contribution < 1.29 is 19.1 Å². The van der Waals surface area contributed by atoms with Gasteiger partial charge in [0.25, 0.3) is 5.91 Å². The van der Waals surface area contributed by atoms with Crippen LogP contribution in [0.25, 0.3) is 0 Å². The van der Waals surface area contributed by atoms with Gasteiger partial charge in [-0.25, -0.2) is 4.79 Å². The molecule has 4 N–H and O–H groups in total. The molecular weight excluding hydrogens is 252 g/mol. The first-order chi connectivity index (χ1) is 9.02. The van der Waals surface area contributed by atoms with Gasteiger partial charge in [0, 0.05) is 6.61 Å². The van der Waals surface area contributed by atoms with E-state index in [1.165, 1.54) is 11.8 Å². The summed E-state index contributed by atoms with van der Waals surface area (Å²) < 4.78 is 11.1. The molecule has 0 aliphatic rings. The van der Waals surface area contributed by atoms with E-state index in [0.29, 0.717) is 13.2 Å². The molecule has 0 aliphatic carbocycles. The highest BCUT2D eigenvalue weighted by Gasteiger charge is 2.24. The molecule has 0 spiro atoms. The molecular formula is C11H18N4O4. The SMILES string of the molecule is CCCOCCn1nc(C(=O)OC)c(N)c1C(N)=O. The van der Waals surface area contributed by atoms with Gasteiger partial charge in [0.1, 0.15) is 5.69 Å². The number of primary amides is 1. The molecule has 0 atom stereocenters. The average molecular weight is 270 g/mol. The summed E-state index contributed by atoms with van der Waals surface area (Å²) in [6, 6.07) is 0. The van der Waals surface area contributed by atoms with Crippen LogP contribution in [0.2, 0.25) is 0 Å². The zero-order valence-electron chi connectivity index (χ0n) is 11.0. The van der Waals surface area contributed by atoms with E-state index in [9.17, 15) is 9.59 Å². The summed E-state index contributed by atoms with van der Waals surface area (Å²) in [5.41, 5.74) is 10.7. The minimum absolute atomic E-state index is 0.0134. The molecule has 0 unspecified atom stereocenters. The van der Waals surface area contributed by atoms with Gasteiger partial charge in [-0.3, -0.25) is 9.48 Å². The van der Waals surface area contributed by atoms with E-state index in [0.717, 1.165) is 6.42 Å². The predicted octanol–water partition coefficient (Wildman–Crippen LogP) is -0.223. The molecule has 1 rings (SSSR count). The number of methoxy groups -OCH3 is 1. The number of hydrogen-bond donors (Lipinski definition) is 2. The topological polar surface area (TPSA) is 122 Å². The first-order valence-corrected chi connectivity index (χ1v) is 5.85. The van der Waals surface area contributed by atoms with Crippen LogP contribution in [0.15, 0.2) is 0 Å². The molecule has 0 radical (unpaired) electrons. The monoisotopic (exact) mass is 270 g/mol. The second-order valence-electron chi connectivity index (χ2n) is 3.80. The van der Waals surface area contributed by atoms with Crippen molar-refractivity contribution in [3.63, 3.8) is 0 Å². The number of esters is 1. The Bertz CT molecular complexity index is 470. The maximum absolute atomic E-state index is 11.4. The summed E-state index contributed by atoms with van der Waals surface area (Å²) in [7, 11) is 1.20. The molecule has 0 saturated heterocycles. The highest BCUT2D eigenvalue weighted by molar-refractivity contribution is 6.03. The number of ether oxygens (including phenoxy) is 2. The minimum atomic E-state index is -0.754. The molecule has 1 heterocycles. The van der Waals surface area contributed by atoms with Gasteiger partial charge < -0.3 is 20.9 Å². The van der Waals surface area contributed by atoms with Gasteiger partial charge in [0.15, 0.2) is 5.69 Å². The lowest BCUT2D eigenvalue weighted by Gasteiger charge is -2.05. The van der Waals surface area contributed by atoms with Crippen molar-refractivity contribution in [2.75, 3.05) is 26.1 Å². The molecule has 8 heteroatoms. The highest BCUT2D eigenvalue weighted by atomic mass is 16.5. The van der Waals surface area contributed by atoms with E-state index < -0.39 is 11.9 Å². The molecule has 1 aromatic heterocycles. The number of nitrogen functional groups attached to an aromatic ring is 1. The number of rotatable bonds is 7. The Morgan fingerprint density at radius 3 is 2.58 bits per heavy atom. The second kappa shape index (κ2) is 6.74. The Labute approximate surface area is 110 Å². The number of carbonyl (C=O) groups excluding carboxylic acids is 2. The van der Waals surface area contributed by atoms with Gasteiger partial charge >= 0.3 is 5.97 Å². The molecule has 0 aliphatic heterocycles. The molecule has 0 aromatic carbocycles. The minimum Gasteiger partial charge on any atom is -0.464 e. The number of carbonyl (C=O) groups is 2. The van der Waals surface area contributed by atoms with Crippen molar-refractivity contribution >= 4 is 17.6 Å². The van der Waals surface area contributed by atoms with Crippen LogP contribution < -0.4 is 11.5 Å². The summed E-state index contributed by atoms with van der Waals surface area (Å²) >= 11 is 0. The van der Waals surface area contributed by atoms with Crippen LogP contribution in [0.4, 0.5) is 5.69 Å². The fraction of sp³-hybridized carbons (Fsp3) is 0.545. The standard InChI is InChI=1S/C11H18N4O4/c1-3-5-19-6-4-15-9(10(13)16)7(12)8(14-15)11(17)18-2/h3-6,12H2,1-2H3,(H2,13,16). The summed E-state index contributed by atoms with van der Waals surface area (Å²) in [5, 5.41) is 3.94. The molecule has 0 bridgehead atoms. The first-order valence-electron chi connectivity index (χ1n) is 5.85. The van der Waals surface area contributed by atoms with Crippen molar-refractivity contribution in [3.05, 3.63) is 11.4 Å². The molecule has 1 amide bonds. The number of aromatic nitrogens is 2. The molecule has 8 nitrogen and oxygen atoms in total. The van der Waals surface area contributed by atoms with Crippen LogP contribution in [0.5, 0.6) is 0 Å². The maximum Gasteiger partial charge on any atom is 0.360 e. The van der Waals surface area contributed by atoms with Crippen molar-refractivity contribution in [2.45, 2.75) is 19.9 Å². The van der Waals surface area contributed by atoms with Gasteiger partial charge in [-0.2, -0.15) is 5.10 Å². The third kappa shape index (κ3) is 3.44. The van der Waals surface area contributed by atoms with E-state index in [4.69, 9.17) is 16.2 Å². The molecule has 1 aromatic rings. The fourth-order valence-electron chi connectivity index (χ4n) is 1.54. The molecule has 19 heavy (non-hydrogen) atoms. The van der Waals surface area contributed by atoms with Crippen molar-refractivity contribution in [1.82, 2.24) is 9.78 Å². The average Bonchev–Trinajstić information content (AvgIpc) is 2.71. The number of hydrogen-bond acceptors (Lipinski definition) is 6. The summed E-state index contributed by atoms with van der Waals surface area (Å²) in [6.07, 6.45) is 0.886. The highest BCUT2D eigenvalue weighted by Crippen LogP contribution is 2.17. The summed E-state index contributed by atoms with van der Waals surface area (Å²) in [5.74, 6) is -1.47. The van der Waals surface area contributed by atoms with E-state index in [2.05, 4.69) is 9.84 Å². The lowest BCUT2D eigenvalue weighted by molar-refractivity contribution is 0.0593. The summed E-state index contributed by atoms with van der Waals surface area (Å²) in [4.78, 5) is 22.8. The quantitative estimate of drug-likeness (QED) is 0.521. The van der Waals surface area contributed by atoms with Gasteiger partial charge in [-0.15, -0.1) is 0 Å². The molecule has 0 saturated carbocycles. The van der Waals surface area contributed by atoms with Crippen LogP contribution in [0, 0.1) is 0 Å². The van der Waals surface area contributed by atoms with E-state index in [1.54, 1.807) is 0 Å². The number of amides is 1. The zero-order valence-corrected chi connectivity index (χ0v) is 11.0. The third-order valence-electron chi connectivity index (χ3n) is 2.40. The molecule has 106 valence electrons. The van der Waals surface area contributed by atoms with E-state index >= 15 is 0 Å². The Balaban J connectivity index is 2.95. The lowest BCUT2D eigenvalue weighted by Crippen LogP contribution is -2.20. The van der Waals surface area contributed by atoms with Crippen molar-refractivity contribution in [2.24, 2.45) is 5.73 Å².